The summed E-state index contributed by atoms with van der Waals surface area (Å²) < 4.78 is 0. The molecule has 0 aliphatic carbocycles. The number of rotatable bonds is 6. The first-order chi connectivity index (χ1) is 12.0. The average Bonchev–Trinajstić information content (AvgIpc) is 3.05. The second-order valence-electron chi connectivity index (χ2n) is 6.12. The summed E-state index contributed by atoms with van der Waals surface area (Å²) in [6.45, 7) is 0. The maximum Gasteiger partial charge on any atom is 0.330 e. The highest BCUT2D eigenvalue weighted by Crippen LogP contribution is 2.28. The number of nitrogens with one attached hydrogen (secondary N) is 2. The molecule has 1 unspecified atom stereocenters. The molecule has 3 N–H and O–H groups in total. The van der Waals surface area contributed by atoms with Crippen LogP contribution >= 0.6 is 11.8 Å². The summed E-state index contributed by atoms with van der Waals surface area (Å²) in [7, 11) is 0. The second kappa shape index (κ2) is 7.26. The first-order valence-corrected chi connectivity index (χ1v) is 9.26. The molecular weight excluding hydrogens is 342 g/mol. The molecular formula is C17H19N3O4S. The van der Waals surface area contributed by atoms with Crippen LogP contribution in [0.4, 0.5) is 0 Å². The normalized spacial score (nSPS) is 19.8. The smallest absolute Gasteiger partial charge is 0.330 e. The molecule has 132 valence electrons. The Bertz CT molecular complexity index is 858. The number of benzene rings is 1. The Labute approximate surface area is 148 Å². The highest BCUT2D eigenvalue weighted by Gasteiger charge is 2.43. The number of amides is 1. The van der Waals surface area contributed by atoms with E-state index in [0.717, 1.165) is 5.75 Å². The van der Waals surface area contributed by atoms with Gasteiger partial charge >= 0.3 is 5.97 Å². The standard InChI is InChI=1S/C17H19N3O4S/c21-14(20-17(16(23)24)8-9-25-10-17)7-3-6-13-18-12-5-2-1-4-11(12)15(22)19-13/h1-2,4-5H,3,6-10H2,(H,20,21)(H,23,24)(H,18,19,22). The molecule has 1 aromatic heterocycles. The first-order valence-electron chi connectivity index (χ1n) is 8.10. The number of carboxylic acid groups (broad SMARTS) is 1. The van der Waals surface area contributed by atoms with Gasteiger partial charge in [-0.2, -0.15) is 11.8 Å². The van der Waals surface area contributed by atoms with E-state index >= 15 is 0 Å². The quantitative estimate of drug-likeness (QED) is 0.715. The SMILES string of the molecule is O=C(CCCc1nc2ccccc2c(=O)[nH]1)NC1(C(=O)O)CCSC1. The Balaban J connectivity index is 1.58. The fraction of sp³-hybridized carbons (Fsp3) is 0.412. The molecule has 8 heteroatoms. The number of thioether (sulfide) groups is 1. The minimum atomic E-state index is -1.14. The van der Waals surface area contributed by atoms with Crippen LogP contribution in [-0.2, 0) is 16.0 Å². The molecule has 3 rings (SSSR count). The van der Waals surface area contributed by atoms with Gasteiger partial charge in [-0.15, -0.1) is 0 Å². The van der Waals surface area contributed by atoms with Crippen LogP contribution in [-0.4, -0.2) is 44.0 Å². The summed E-state index contributed by atoms with van der Waals surface area (Å²) in [5.74, 6) is 0.392. The summed E-state index contributed by atoms with van der Waals surface area (Å²) in [6.07, 6.45) is 1.56. The van der Waals surface area contributed by atoms with Gasteiger partial charge in [0.1, 0.15) is 11.4 Å². The summed E-state index contributed by atoms with van der Waals surface area (Å²) in [5.41, 5.74) is -0.714. The molecule has 1 amide bonds. The molecule has 1 aliphatic rings. The molecule has 2 aromatic rings. The number of fused-ring (bicyclic) bond motifs is 1. The van der Waals surface area contributed by atoms with E-state index in [9.17, 15) is 19.5 Å². The molecule has 25 heavy (non-hydrogen) atoms. The van der Waals surface area contributed by atoms with Gasteiger partial charge in [0.25, 0.3) is 5.56 Å². The van der Waals surface area contributed by atoms with Gasteiger partial charge in [-0.3, -0.25) is 9.59 Å². The Hall–Kier alpha value is -2.35. The number of aliphatic carboxylic acids is 1. The first kappa shape index (κ1) is 17.5. The van der Waals surface area contributed by atoms with Crippen molar-refractivity contribution in [1.82, 2.24) is 15.3 Å². The highest BCUT2D eigenvalue weighted by atomic mass is 32.2. The highest BCUT2D eigenvalue weighted by molar-refractivity contribution is 7.99. The number of aromatic amines is 1. The van der Waals surface area contributed by atoms with Crippen molar-refractivity contribution in [3.8, 4) is 0 Å². The lowest BCUT2D eigenvalue weighted by molar-refractivity contribution is -0.146. The third-order valence-electron chi connectivity index (χ3n) is 4.29. The molecule has 1 fully saturated rings. The fourth-order valence-electron chi connectivity index (χ4n) is 2.88. The summed E-state index contributed by atoms with van der Waals surface area (Å²) in [6, 6.07) is 7.08. The van der Waals surface area contributed by atoms with Gasteiger partial charge in [-0.1, -0.05) is 12.1 Å². The molecule has 0 radical (unpaired) electrons. The van der Waals surface area contributed by atoms with E-state index in [-0.39, 0.29) is 17.9 Å². The van der Waals surface area contributed by atoms with E-state index < -0.39 is 11.5 Å². The zero-order chi connectivity index (χ0) is 17.9. The monoisotopic (exact) mass is 361 g/mol. The number of aryl methyl sites for hydroxylation is 1. The van der Waals surface area contributed by atoms with E-state index in [1.54, 1.807) is 18.2 Å². The number of H-pyrrole nitrogens is 1. The number of carbonyl (C=O) groups is 2. The maximum atomic E-state index is 12.1. The molecule has 1 aliphatic heterocycles. The molecule has 2 heterocycles. The van der Waals surface area contributed by atoms with E-state index in [0.29, 0.717) is 41.7 Å². The molecule has 0 bridgehead atoms. The molecule has 7 nitrogen and oxygen atoms in total. The van der Waals surface area contributed by atoms with Crippen molar-refractivity contribution in [2.24, 2.45) is 0 Å². The van der Waals surface area contributed by atoms with Crippen molar-refractivity contribution in [3.63, 3.8) is 0 Å². The van der Waals surface area contributed by atoms with Crippen LogP contribution in [0.5, 0.6) is 0 Å². The van der Waals surface area contributed by atoms with Crippen LogP contribution in [0.15, 0.2) is 29.1 Å². The number of nitrogens with zero attached hydrogens (tertiary/aromatic N) is 1. The van der Waals surface area contributed by atoms with Gasteiger partial charge in [0.2, 0.25) is 5.91 Å². The second-order valence-corrected chi connectivity index (χ2v) is 7.23. The van der Waals surface area contributed by atoms with Gasteiger partial charge < -0.3 is 15.4 Å². The van der Waals surface area contributed by atoms with E-state index in [1.165, 1.54) is 11.8 Å². The largest absolute Gasteiger partial charge is 0.479 e. The number of aromatic nitrogens is 2. The van der Waals surface area contributed by atoms with Crippen molar-refractivity contribution >= 4 is 34.5 Å². The fourth-order valence-corrected chi connectivity index (χ4v) is 4.21. The van der Waals surface area contributed by atoms with E-state index in [1.807, 2.05) is 6.07 Å². The van der Waals surface area contributed by atoms with Crippen molar-refractivity contribution in [3.05, 3.63) is 40.4 Å². The van der Waals surface area contributed by atoms with Crippen molar-refractivity contribution in [2.45, 2.75) is 31.2 Å². The minimum Gasteiger partial charge on any atom is -0.479 e. The summed E-state index contributed by atoms with van der Waals surface area (Å²) >= 11 is 1.53. The third kappa shape index (κ3) is 3.84. The van der Waals surface area contributed by atoms with Crippen LogP contribution in [0.2, 0.25) is 0 Å². The number of hydrogen-bond donors (Lipinski definition) is 3. The Morgan fingerprint density at radius 1 is 1.36 bits per heavy atom. The van der Waals surface area contributed by atoms with Crippen molar-refractivity contribution in [1.29, 1.82) is 0 Å². The lowest BCUT2D eigenvalue weighted by Gasteiger charge is -2.24. The lowest BCUT2D eigenvalue weighted by Crippen LogP contribution is -2.54. The number of para-hydroxylation sites is 1. The van der Waals surface area contributed by atoms with Gasteiger partial charge in [-0.25, -0.2) is 9.78 Å². The molecule has 0 saturated carbocycles. The molecule has 1 aromatic carbocycles. The van der Waals surface area contributed by atoms with Crippen molar-refractivity contribution < 1.29 is 14.7 Å². The third-order valence-corrected chi connectivity index (χ3v) is 5.48. The zero-order valence-electron chi connectivity index (χ0n) is 13.6. The number of hydrogen-bond acceptors (Lipinski definition) is 5. The Morgan fingerprint density at radius 2 is 2.16 bits per heavy atom. The number of carboxylic acids is 1. The van der Waals surface area contributed by atoms with Gasteiger partial charge in [0.05, 0.1) is 10.9 Å². The molecule has 1 atom stereocenters. The lowest BCUT2D eigenvalue weighted by atomic mass is 9.99. The van der Waals surface area contributed by atoms with Gasteiger partial charge in [0.15, 0.2) is 0 Å². The topological polar surface area (TPSA) is 112 Å². The van der Waals surface area contributed by atoms with Crippen molar-refractivity contribution in [2.75, 3.05) is 11.5 Å². The van der Waals surface area contributed by atoms with E-state index in [4.69, 9.17) is 0 Å². The minimum absolute atomic E-state index is 0.191. The van der Waals surface area contributed by atoms with Gasteiger partial charge in [0, 0.05) is 18.6 Å². The Morgan fingerprint density at radius 3 is 2.88 bits per heavy atom. The zero-order valence-corrected chi connectivity index (χ0v) is 14.4. The summed E-state index contributed by atoms with van der Waals surface area (Å²) in [4.78, 5) is 42.7. The maximum absolute atomic E-state index is 12.1. The summed E-state index contributed by atoms with van der Waals surface area (Å²) in [5, 5.41) is 12.6. The van der Waals surface area contributed by atoms with Crippen LogP contribution in [0, 0.1) is 0 Å². The average molecular weight is 361 g/mol. The Kier molecular flexibility index (Phi) is 5.08. The van der Waals surface area contributed by atoms with E-state index in [2.05, 4.69) is 15.3 Å². The molecule has 0 spiro atoms. The van der Waals surface area contributed by atoms with Crippen LogP contribution in [0.3, 0.4) is 0 Å². The number of carbonyl (C=O) groups excluding carboxylic acids is 1. The predicted octanol–water partition coefficient (Wildman–Crippen LogP) is 1.32. The molecule has 1 saturated heterocycles. The predicted molar refractivity (Wildman–Crippen MR) is 95.8 cm³/mol. The van der Waals surface area contributed by atoms with Crippen LogP contribution in [0.25, 0.3) is 10.9 Å². The van der Waals surface area contributed by atoms with Gasteiger partial charge in [-0.05, 0) is 30.7 Å². The van der Waals surface area contributed by atoms with Crippen LogP contribution < -0.4 is 10.9 Å². The van der Waals surface area contributed by atoms with Crippen LogP contribution in [0.1, 0.15) is 25.1 Å².